The van der Waals surface area contributed by atoms with E-state index in [0.717, 1.165) is 61.7 Å². The summed E-state index contributed by atoms with van der Waals surface area (Å²) in [5.41, 5.74) is 2.72. The lowest BCUT2D eigenvalue weighted by Crippen LogP contribution is -2.40. The summed E-state index contributed by atoms with van der Waals surface area (Å²) in [5, 5.41) is 0. The van der Waals surface area contributed by atoms with Crippen molar-refractivity contribution in [2.75, 3.05) is 31.1 Å². The zero-order valence-electron chi connectivity index (χ0n) is 16.4. The molecule has 2 atom stereocenters. The molecule has 1 aromatic heterocycles. The highest BCUT2D eigenvalue weighted by Gasteiger charge is 2.55. The normalized spacial score (nSPS) is 25.1. The number of halogens is 1. The molecule has 1 aromatic carbocycles. The minimum Gasteiger partial charge on any atom is -0.356 e. The number of aromatic nitrogens is 2. The molecule has 146 valence electrons. The second kappa shape index (κ2) is 6.26. The molecule has 0 N–H and O–H groups in total. The SMILES string of the molecule is Cc1ncnc(N2CC3CN(C(=O)C4(c5ccc(F)cc5)CC4)CC3C2)c1C. The maximum Gasteiger partial charge on any atom is 0.233 e. The standard InChI is InChI=1S/C22H25FN4O/c1-14-15(2)24-13-25-20(14)26-9-16-11-27(12-17(16)10-26)21(28)22(7-8-22)18-3-5-19(23)6-4-18/h3-6,13,16-17H,7-12H2,1-2H3. The van der Waals surface area contributed by atoms with Gasteiger partial charge in [0.15, 0.2) is 0 Å². The fourth-order valence-electron chi connectivity index (χ4n) is 5.00. The Hall–Kier alpha value is -2.50. The van der Waals surface area contributed by atoms with Gasteiger partial charge in [-0.25, -0.2) is 14.4 Å². The molecule has 2 unspecified atom stereocenters. The first-order chi connectivity index (χ1) is 13.5. The largest absolute Gasteiger partial charge is 0.356 e. The lowest BCUT2D eigenvalue weighted by molar-refractivity contribution is -0.133. The minimum atomic E-state index is -0.410. The molecule has 1 aliphatic carbocycles. The molecular formula is C22H25FN4O. The molecule has 0 spiro atoms. The molecule has 2 saturated heterocycles. The molecule has 1 saturated carbocycles. The Labute approximate surface area is 164 Å². The first-order valence-electron chi connectivity index (χ1n) is 10.1. The number of benzene rings is 1. The first kappa shape index (κ1) is 17.6. The molecule has 0 radical (unpaired) electrons. The summed E-state index contributed by atoms with van der Waals surface area (Å²) in [6.45, 7) is 7.60. The number of aryl methyl sites for hydroxylation is 1. The van der Waals surface area contributed by atoms with Gasteiger partial charge in [0.25, 0.3) is 0 Å². The van der Waals surface area contributed by atoms with Crippen LogP contribution in [0, 0.1) is 31.5 Å². The monoisotopic (exact) mass is 380 g/mol. The van der Waals surface area contributed by atoms with Gasteiger partial charge in [-0.05, 0) is 44.4 Å². The number of amides is 1. The molecule has 1 amide bonds. The predicted octanol–water partition coefficient (Wildman–Crippen LogP) is 2.86. The van der Waals surface area contributed by atoms with Crippen molar-refractivity contribution < 1.29 is 9.18 Å². The van der Waals surface area contributed by atoms with Crippen LogP contribution in [0.25, 0.3) is 0 Å². The third-order valence-electron chi connectivity index (χ3n) is 6.94. The highest BCUT2D eigenvalue weighted by molar-refractivity contribution is 5.91. The lowest BCUT2D eigenvalue weighted by Gasteiger charge is -2.27. The van der Waals surface area contributed by atoms with Gasteiger partial charge in [-0.1, -0.05) is 12.1 Å². The van der Waals surface area contributed by atoms with Crippen LogP contribution < -0.4 is 4.90 Å². The number of anilines is 1. The maximum absolute atomic E-state index is 13.3. The van der Waals surface area contributed by atoms with Crippen LogP contribution in [0.2, 0.25) is 0 Å². The van der Waals surface area contributed by atoms with Crippen LogP contribution in [0.1, 0.15) is 29.7 Å². The van der Waals surface area contributed by atoms with Gasteiger partial charge in [-0.15, -0.1) is 0 Å². The fourth-order valence-corrected chi connectivity index (χ4v) is 5.00. The number of carbonyl (C=O) groups is 1. The number of fused-ring (bicyclic) bond motifs is 1. The molecule has 28 heavy (non-hydrogen) atoms. The maximum atomic E-state index is 13.3. The van der Waals surface area contributed by atoms with Crippen molar-refractivity contribution in [3.8, 4) is 0 Å². The van der Waals surface area contributed by atoms with Crippen molar-refractivity contribution in [1.82, 2.24) is 14.9 Å². The molecule has 3 aliphatic rings. The van der Waals surface area contributed by atoms with E-state index in [-0.39, 0.29) is 11.7 Å². The Morgan fingerprint density at radius 2 is 1.68 bits per heavy atom. The van der Waals surface area contributed by atoms with Crippen molar-refractivity contribution in [1.29, 1.82) is 0 Å². The van der Waals surface area contributed by atoms with E-state index in [1.807, 2.05) is 6.92 Å². The summed E-state index contributed by atoms with van der Waals surface area (Å²) in [5.74, 6) is 1.99. The zero-order chi connectivity index (χ0) is 19.5. The predicted molar refractivity (Wildman–Crippen MR) is 105 cm³/mol. The quantitative estimate of drug-likeness (QED) is 0.822. The Bertz CT molecular complexity index is 911. The number of hydrogen-bond donors (Lipinski definition) is 0. The van der Waals surface area contributed by atoms with Crippen LogP contribution in [0.5, 0.6) is 0 Å². The zero-order valence-corrected chi connectivity index (χ0v) is 16.4. The minimum absolute atomic E-state index is 0.231. The van der Waals surface area contributed by atoms with Gasteiger partial charge >= 0.3 is 0 Å². The number of hydrogen-bond acceptors (Lipinski definition) is 4. The number of rotatable bonds is 3. The summed E-state index contributed by atoms with van der Waals surface area (Å²) in [6.07, 6.45) is 3.38. The molecule has 3 fully saturated rings. The summed E-state index contributed by atoms with van der Waals surface area (Å²) >= 11 is 0. The van der Waals surface area contributed by atoms with Crippen LogP contribution in [0.3, 0.4) is 0 Å². The van der Waals surface area contributed by atoms with Crippen molar-refractivity contribution in [2.24, 2.45) is 11.8 Å². The van der Waals surface area contributed by atoms with Gasteiger partial charge in [-0.3, -0.25) is 4.79 Å². The van der Waals surface area contributed by atoms with Gasteiger partial charge < -0.3 is 9.80 Å². The van der Waals surface area contributed by atoms with Crippen LogP contribution in [-0.4, -0.2) is 47.0 Å². The van der Waals surface area contributed by atoms with Gasteiger partial charge in [0.2, 0.25) is 5.91 Å². The van der Waals surface area contributed by atoms with E-state index in [9.17, 15) is 9.18 Å². The van der Waals surface area contributed by atoms with E-state index < -0.39 is 5.41 Å². The highest BCUT2D eigenvalue weighted by atomic mass is 19.1. The number of likely N-dealkylation sites (tertiary alicyclic amines) is 1. The lowest BCUT2D eigenvalue weighted by atomic mass is 9.94. The fraction of sp³-hybridized carbons (Fsp3) is 0.500. The van der Waals surface area contributed by atoms with Crippen LogP contribution in [0.4, 0.5) is 10.2 Å². The third kappa shape index (κ3) is 2.69. The van der Waals surface area contributed by atoms with Crippen molar-refractivity contribution in [3.05, 3.63) is 53.2 Å². The second-order valence-electron chi connectivity index (χ2n) is 8.63. The third-order valence-corrected chi connectivity index (χ3v) is 6.94. The number of nitrogens with zero attached hydrogens (tertiary/aromatic N) is 4. The van der Waals surface area contributed by atoms with Gasteiger partial charge in [-0.2, -0.15) is 0 Å². The molecule has 5 nitrogen and oxygen atoms in total. The average molecular weight is 380 g/mol. The van der Waals surface area contributed by atoms with E-state index in [2.05, 4.69) is 26.7 Å². The highest BCUT2D eigenvalue weighted by Crippen LogP contribution is 2.50. The van der Waals surface area contributed by atoms with E-state index in [4.69, 9.17) is 0 Å². The van der Waals surface area contributed by atoms with Crippen molar-refractivity contribution in [2.45, 2.75) is 32.1 Å². The van der Waals surface area contributed by atoms with Crippen molar-refractivity contribution in [3.63, 3.8) is 0 Å². The summed E-state index contributed by atoms with van der Waals surface area (Å²) in [7, 11) is 0. The summed E-state index contributed by atoms with van der Waals surface area (Å²) < 4.78 is 13.3. The van der Waals surface area contributed by atoms with Crippen molar-refractivity contribution >= 4 is 11.7 Å². The average Bonchev–Trinajstić information content (AvgIpc) is 3.25. The Balaban J connectivity index is 1.29. The molecule has 5 rings (SSSR count). The molecule has 3 heterocycles. The summed E-state index contributed by atoms with van der Waals surface area (Å²) in [4.78, 5) is 26.5. The van der Waals surface area contributed by atoms with E-state index in [1.54, 1.807) is 18.5 Å². The van der Waals surface area contributed by atoms with Gasteiger partial charge in [0, 0.05) is 49.3 Å². The van der Waals surface area contributed by atoms with E-state index in [0.29, 0.717) is 11.8 Å². The summed E-state index contributed by atoms with van der Waals surface area (Å²) in [6, 6.07) is 6.48. The van der Waals surface area contributed by atoms with Gasteiger partial charge in [0.1, 0.15) is 18.0 Å². The molecule has 0 bridgehead atoms. The molecule has 2 aromatic rings. The molecule has 2 aliphatic heterocycles. The van der Waals surface area contributed by atoms with Crippen LogP contribution >= 0.6 is 0 Å². The Morgan fingerprint density at radius 3 is 2.29 bits per heavy atom. The Morgan fingerprint density at radius 1 is 1.04 bits per heavy atom. The topological polar surface area (TPSA) is 49.3 Å². The first-order valence-corrected chi connectivity index (χ1v) is 10.1. The molecule has 6 heteroatoms. The van der Waals surface area contributed by atoms with E-state index in [1.165, 1.54) is 12.1 Å². The second-order valence-corrected chi connectivity index (χ2v) is 8.63. The van der Waals surface area contributed by atoms with E-state index >= 15 is 0 Å². The van der Waals surface area contributed by atoms with Gasteiger partial charge in [0.05, 0.1) is 5.41 Å². The molecular weight excluding hydrogens is 355 g/mol. The smallest absolute Gasteiger partial charge is 0.233 e. The number of carbonyl (C=O) groups excluding carboxylic acids is 1. The van der Waals surface area contributed by atoms with Crippen LogP contribution in [-0.2, 0) is 10.2 Å². The van der Waals surface area contributed by atoms with Crippen LogP contribution in [0.15, 0.2) is 30.6 Å². The Kier molecular flexibility index (Phi) is 3.93.